The smallest absolute Gasteiger partial charge is 0.251 e. The lowest BCUT2D eigenvalue weighted by atomic mass is 10.1. The van der Waals surface area contributed by atoms with Gasteiger partial charge in [0.25, 0.3) is 5.91 Å². The number of hydrogen-bond donors (Lipinski definition) is 1. The zero-order valence-electron chi connectivity index (χ0n) is 9.00. The molecule has 0 saturated carbocycles. The van der Waals surface area contributed by atoms with Crippen molar-refractivity contribution in [2.75, 3.05) is 0 Å². The summed E-state index contributed by atoms with van der Waals surface area (Å²) >= 11 is 0. The summed E-state index contributed by atoms with van der Waals surface area (Å²) < 4.78 is 0. The van der Waals surface area contributed by atoms with Crippen LogP contribution in [0.5, 0.6) is 0 Å². The van der Waals surface area contributed by atoms with E-state index in [9.17, 15) is 4.79 Å². The minimum atomic E-state index is 0.00954. The summed E-state index contributed by atoms with van der Waals surface area (Å²) in [5.41, 5.74) is 1.94. The van der Waals surface area contributed by atoms with Crippen LogP contribution in [0.15, 0.2) is 24.3 Å². The normalized spacial score (nSPS) is 10.3. The molecule has 1 N–H and O–H groups in total. The summed E-state index contributed by atoms with van der Waals surface area (Å²) in [6, 6.07) is 7.93. The lowest BCUT2D eigenvalue weighted by molar-refractivity contribution is 0.0943. The second kappa shape index (κ2) is 4.80. The Balaban J connectivity index is 2.79. The maximum Gasteiger partial charge on any atom is 0.251 e. The topological polar surface area (TPSA) is 29.1 Å². The van der Waals surface area contributed by atoms with Crippen LogP contribution in [0.4, 0.5) is 0 Å². The fraction of sp³-hybridized carbons (Fsp3) is 0.417. The number of carbonyl (C=O) groups is 1. The molecule has 0 aromatic heterocycles. The van der Waals surface area contributed by atoms with E-state index in [1.807, 2.05) is 38.1 Å². The van der Waals surface area contributed by atoms with Crippen LogP contribution in [-0.4, -0.2) is 11.9 Å². The molecule has 14 heavy (non-hydrogen) atoms. The fourth-order valence-corrected chi connectivity index (χ4v) is 1.28. The van der Waals surface area contributed by atoms with Crippen LogP contribution >= 0.6 is 0 Å². The Morgan fingerprint density at radius 2 is 2.14 bits per heavy atom. The van der Waals surface area contributed by atoms with E-state index in [2.05, 4.69) is 12.2 Å². The Morgan fingerprint density at radius 1 is 1.43 bits per heavy atom. The maximum absolute atomic E-state index is 11.6. The number of carbonyl (C=O) groups excluding carboxylic acids is 1. The van der Waals surface area contributed by atoms with Crippen molar-refractivity contribution < 1.29 is 4.79 Å². The summed E-state index contributed by atoms with van der Waals surface area (Å²) in [6.07, 6.45) is 0.961. The molecule has 1 amide bonds. The molecule has 0 aliphatic rings. The van der Waals surface area contributed by atoms with Gasteiger partial charge in [0.1, 0.15) is 0 Å². The molecular weight excluding hydrogens is 174 g/mol. The molecule has 0 saturated heterocycles. The van der Waals surface area contributed by atoms with Gasteiger partial charge in [0.15, 0.2) is 0 Å². The molecular formula is C12H17NO. The third kappa shape index (κ3) is 2.87. The molecule has 2 heteroatoms. The molecule has 0 unspecified atom stereocenters. The van der Waals surface area contributed by atoms with Crippen molar-refractivity contribution in [3.8, 4) is 0 Å². The van der Waals surface area contributed by atoms with Gasteiger partial charge in [0.05, 0.1) is 0 Å². The van der Waals surface area contributed by atoms with Crippen molar-refractivity contribution in [3.05, 3.63) is 35.4 Å². The van der Waals surface area contributed by atoms with E-state index < -0.39 is 0 Å². The minimum Gasteiger partial charge on any atom is -0.350 e. The number of hydrogen-bond acceptors (Lipinski definition) is 1. The first kappa shape index (κ1) is 10.8. The monoisotopic (exact) mass is 191 g/mol. The molecule has 0 aliphatic carbocycles. The van der Waals surface area contributed by atoms with Gasteiger partial charge in [-0.15, -0.1) is 0 Å². The van der Waals surface area contributed by atoms with Crippen molar-refractivity contribution in [1.82, 2.24) is 5.32 Å². The average Bonchev–Trinajstić information content (AvgIpc) is 2.17. The molecule has 0 heterocycles. The molecule has 1 aromatic carbocycles. The number of nitrogens with one attached hydrogen (secondary N) is 1. The van der Waals surface area contributed by atoms with Gasteiger partial charge in [-0.25, -0.2) is 0 Å². The predicted molar refractivity (Wildman–Crippen MR) is 58.4 cm³/mol. The standard InChI is InChI=1S/C12H17NO/c1-4-10-6-5-7-11(8-10)12(14)13-9(2)3/h5-9H,4H2,1-3H3,(H,13,14). The third-order valence-electron chi connectivity index (χ3n) is 2.02. The first-order chi connectivity index (χ1) is 6.63. The van der Waals surface area contributed by atoms with E-state index in [0.717, 1.165) is 12.0 Å². The lowest BCUT2D eigenvalue weighted by Crippen LogP contribution is -2.30. The Kier molecular flexibility index (Phi) is 3.69. The van der Waals surface area contributed by atoms with Crippen LogP contribution < -0.4 is 5.32 Å². The van der Waals surface area contributed by atoms with Gasteiger partial charge in [-0.2, -0.15) is 0 Å². The maximum atomic E-state index is 11.6. The van der Waals surface area contributed by atoms with Crippen molar-refractivity contribution >= 4 is 5.91 Å². The quantitative estimate of drug-likeness (QED) is 0.781. The molecule has 0 spiro atoms. The van der Waals surface area contributed by atoms with Gasteiger partial charge in [0, 0.05) is 11.6 Å². The minimum absolute atomic E-state index is 0.00954. The molecule has 0 bridgehead atoms. The highest BCUT2D eigenvalue weighted by molar-refractivity contribution is 5.94. The number of rotatable bonds is 3. The Hall–Kier alpha value is -1.31. The molecule has 0 atom stereocenters. The predicted octanol–water partition coefficient (Wildman–Crippen LogP) is 2.39. The number of amides is 1. The van der Waals surface area contributed by atoms with Crippen LogP contribution in [0.3, 0.4) is 0 Å². The summed E-state index contributed by atoms with van der Waals surface area (Å²) in [4.78, 5) is 11.6. The summed E-state index contributed by atoms with van der Waals surface area (Å²) in [7, 11) is 0. The molecule has 1 rings (SSSR count). The van der Waals surface area contributed by atoms with E-state index in [0.29, 0.717) is 0 Å². The molecule has 0 radical (unpaired) electrons. The van der Waals surface area contributed by atoms with E-state index in [1.54, 1.807) is 0 Å². The third-order valence-corrected chi connectivity index (χ3v) is 2.02. The Labute approximate surface area is 85.3 Å². The van der Waals surface area contributed by atoms with Gasteiger partial charge in [-0.05, 0) is 38.0 Å². The lowest BCUT2D eigenvalue weighted by Gasteiger charge is -2.08. The van der Waals surface area contributed by atoms with Crippen molar-refractivity contribution in [1.29, 1.82) is 0 Å². The number of benzene rings is 1. The summed E-state index contributed by atoms with van der Waals surface area (Å²) in [5, 5.41) is 2.87. The van der Waals surface area contributed by atoms with Crippen LogP contribution in [0.25, 0.3) is 0 Å². The molecule has 1 aromatic rings. The Bertz CT molecular complexity index is 318. The van der Waals surface area contributed by atoms with Gasteiger partial charge < -0.3 is 5.32 Å². The molecule has 0 aliphatic heterocycles. The highest BCUT2D eigenvalue weighted by atomic mass is 16.1. The van der Waals surface area contributed by atoms with Gasteiger partial charge >= 0.3 is 0 Å². The SMILES string of the molecule is CCc1cccc(C(=O)NC(C)C)c1. The number of aryl methyl sites for hydroxylation is 1. The zero-order chi connectivity index (χ0) is 10.6. The van der Waals surface area contributed by atoms with Crippen LogP contribution in [0.2, 0.25) is 0 Å². The highest BCUT2D eigenvalue weighted by Gasteiger charge is 2.06. The van der Waals surface area contributed by atoms with Gasteiger partial charge in [-0.3, -0.25) is 4.79 Å². The second-order valence-electron chi connectivity index (χ2n) is 3.68. The molecule has 0 fully saturated rings. The van der Waals surface area contributed by atoms with E-state index >= 15 is 0 Å². The molecule has 2 nitrogen and oxygen atoms in total. The zero-order valence-corrected chi connectivity index (χ0v) is 9.00. The first-order valence-corrected chi connectivity index (χ1v) is 5.03. The van der Waals surface area contributed by atoms with E-state index in [4.69, 9.17) is 0 Å². The summed E-state index contributed by atoms with van der Waals surface area (Å²) in [6.45, 7) is 6.00. The highest BCUT2D eigenvalue weighted by Crippen LogP contribution is 2.05. The fourth-order valence-electron chi connectivity index (χ4n) is 1.28. The first-order valence-electron chi connectivity index (χ1n) is 5.03. The van der Waals surface area contributed by atoms with Crippen molar-refractivity contribution in [2.45, 2.75) is 33.2 Å². The van der Waals surface area contributed by atoms with Crippen LogP contribution in [0, 0.1) is 0 Å². The Morgan fingerprint density at radius 3 is 2.71 bits per heavy atom. The second-order valence-corrected chi connectivity index (χ2v) is 3.68. The molecule has 76 valence electrons. The van der Waals surface area contributed by atoms with E-state index in [1.165, 1.54) is 5.56 Å². The van der Waals surface area contributed by atoms with Crippen molar-refractivity contribution in [3.63, 3.8) is 0 Å². The van der Waals surface area contributed by atoms with E-state index in [-0.39, 0.29) is 11.9 Å². The van der Waals surface area contributed by atoms with Crippen LogP contribution in [0.1, 0.15) is 36.7 Å². The average molecular weight is 191 g/mol. The van der Waals surface area contributed by atoms with Crippen LogP contribution in [-0.2, 0) is 6.42 Å². The largest absolute Gasteiger partial charge is 0.350 e. The summed E-state index contributed by atoms with van der Waals surface area (Å²) in [5.74, 6) is 0.00954. The van der Waals surface area contributed by atoms with Gasteiger partial charge in [-0.1, -0.05) is 19.1 Å². The van der Waals surface area contributed by atoms with Crippen molar-refractivity contribution in [2.24, 2.45) is 0 Å². The van der Waals surface area contributed by atoms with Gasteiger partial charge in [0.2, 0.25) is 0 Å².